The first-order valence-corrected chi connectivity index (χ1v) is 6.35. The first-order chi connectivity index (χ1) is 9.61. The number of nitriles is 1. The summed E-state index contributed by atoms with van der Waals surface area (Å²) in [4.78, 5) is 0. The highest BCUT2D eigenvalue weighted by Crippen LogP contribution is 2.34. The molecular formula is C16H16N2O2. The predicted molar refractivity (Wildman–Crippen MR) is 77.6 cm³/mol. The summed E-state index contributed by atoms with van der Waals surface area (Å²) in [5.41, 5.74) is 2.28. The average molecular weight is 268 g/mol. The van der Waals surface area contributed by atoms with Crippen molar-refractivity contribution < 1.29 is 10.2 Å². The van der Waals surface area contributed by atoms with Gasteiger partial charge in [-0.3, -0.25) is 0 Å². The Morgan fingerprint density at radius 2 is 1.70 bits per heavy atom. The van der Waals surface area contributed by atoms with Gasteiger partial charge in [-0.15, -0.1) is 0 Å². The minimum absolute atomic E-state index is 0.0612. The lowest BCUT2D eigenvalue weighted by Gasteiger charge is -2.18. The number of benzene rings is 2. The number of rotatable bonds is 4. The Hall–Kier alpha value is -2.67. The van der Waals surface area contributed by atoms with Crippen molar-refractivity contribution >= 4 is 5.69 Å². The van der Waals surface area contributed by atoms with Gasteiger partial charge in [-0.2, -0.15) is 5.26 Å². The average Bonchev–Trinajstić information content (AvgIpc) is 2.41. The summed E-state index contributed by atoms with van der Waals surface area (Å²) in [6.07, 6.45) is 0.385. The normalized spacial score (nSPS) is 11.6. The third-order valence-corrected chi connectivity index (χ3v) is 3.11. The summed E-state index contributed by atoms with van der Waals surface area (Å²) in [6.45, 7) is 1.86. The van der Waals surface area contributed by atoms with Crippen LogP contribution >= 0.6 is 0 Å². The lowest BCUT2D eigenvalue weighted by Crippen LogP contribution is -2.07. The summed E-state index contributed by atoms with van der Waals surface area (Å²) in [5, 5.41) is 31.5. The molecule has 0 aromatic heterocycles. The van der Waals surface area contributed by atoms with E-state index in [1.54, 1.807) is 18.2 Å². The SMILES string of the molecule is CC(Nc1ccc(CC#N)cc1)c1c(O)cccc1O. The number of hydrogen-bond donors (Lipinski definition) is 3. The highest BCUT2D eigenvalue weighted by molar-refractivity contribution is 5.52. The lowest BCUT2D eigenvalue weighted by molar-refractivity contribution is 0.434. The van der Waals surface area contributed by atoms with Crippen molar-refractivity contribution in [2.24, 2.45) is 0 Å². The third-order valence-electron chi connectivity index (χ3n) is 3.11. The topological polar surface area (TPSA) is 76.3 Å². The summed E-state index contributed by atoms with van der Waals surface area (Å²) in [7, 11) is 0. The molecule has 0 aliphatic carbocycles. The van der Waals surface area contributed by atoms with E-state index in [-0.39, 0.29) is 17.5 Å². The van der Waals surface area contributed by atoms with Crippen molar-refractivity contribution in [3.05, 3.63) is 53.6 Å². The Kier molecular flexibility index (Phi) is 4.11. The Labute approximate surface area is 117 Å². The Balaban J connectivity index is 2.15. The molecule has 20 heavy (non-hydrogen) atoms. The zero-order valence-electron chi connectivity index (χ0n) is 11.2. The van der Waals surface area contributed by atoms with Gasteiger partial charge in [0.2, 0.25) is 0 Å². The standard InChI is InChI=1S/C16H16N2O2/c1-11(16-14(19)3-2-4-15(16)20)18-13-7-5-12(6-8-13)9-10-17/h2-8,11,18-20H,9H2,1H3. The van der Waals surface area contributed by atoms with Crippen molar-refractivity contribution in [1.29, 1.82) is 5.26 Å². The quantitative estimate of drug-likeness (QED) is 0.795. The lowest BCUT2D eigenvalue weighted by atomic mass is 10.1. The smallest absolute Gasteiger partial charge is 0.124 e. The predicted octanol–water partition coefficient (Wildman–Crippen LogP) is 3.34. The van der Waals surface area contributed by atoms with Crippen LogP contribution in [0.2, 0.25) is 0 Å². The highest BCUT2D eigenvalue weighted by Gasteiger charge is 2.14. The summed E-state index contributed by atoms with van der Waals surface area (Å²) >= 11 is 0. The number of phenolic OH excluding ortho intramolecular Hbond substituents is 2. The Morgan fingerprint density at radius 1 is 1.10 bits per heavy atom. The monoisotopic (exact) mass is 268 g/mol. The molecular weight excluding hydrogens is 252 g/mol. The largest absolute Gasteiger partial charge is 0.507 e. The van der Waals surface area contributed by atoms with Crippen LogP contribution in [0.5, 0.6) is 11.5 Å². The van der Waals surface area contributed by atoms with Gasteiger partial charge in [0.1, 0.15) is 11.5 Å². The molecule has 1 atom stereocenters. The molecule has 0 radical (unpaired) electrons. The highest BCUT2D eigenvalue weighted by atomic mass is 16.3. The van der Waals surface area contributed by atoms with Crippen LogP contribution in [0.25, 0.3) is 0 Å². The molecule has 0 bridgehead atoms. The van der Waals surface area contributed by atoms with E-state index in [1.165, 1.54) is 0 Å². The van der Waals surface area contributed by atoms with E-state index in [1.807, 2.05) is 31.2 Å². The molecule has 102 valence electrons. The van der Waals surface area contributed by atoms with E-state index < -0.39 is 0 Å². The van der Waals surface area contributed by atoms with Gasteiger partial charge >= 0.3 is 0 Å². The molecule has 0 heterocycles. The van der Waals surface area contributed by atoms with E-state index in [2.05, 4.69) is 11.4 Å². The molecule has 4 nitrogen and oxygen atoms in total. The molecule has 0 amide bonds. The first kappa shape index (κ1) is 13.8. The van der Waals surface area contributed by atoms with Crippen molar-refractivity contribution in [2.45, 2.75) is 19.4 Å². The summed E-state index contributed by atoms with van der Waals surface area (Å²) in [6, 6.07) is 14.1. The molecule has 0 saturated heterocycles. The first-order valence-electron chi connectivity index (χ1n) is 6.35. The minimum atomic E-state index is -0.238. The number of hydrogen-bond acceptors (Lipinski definition) is 4. The van der Waals surface area contributed by atoms with Gasteiger partial charge in [0, 0.05) is 5.69 Å². The minimum Gasteiger partial charge on any atom is -0.507 e. The molecule has 1 unspecified atom stereocenters. The Morgan fingerprint density at radius 3 is 2.25 bits per heavy atom. The zero-order chi connectivity index (χ0) is 14.5. The summed E-state index contributed by atoms with van der Waals surface area (Å²) < 4.78 is 0. The van der Waals surface area contributed by atoms with Crippen LogP contribution in [0.4, 0.5) is 5.69 Å². The molecule has 0 aliphatic heterocycles. The van der Waals surface area contributed by atoms with Gasteiger partial charge in [-0.1, -0.05) is 18.2 Å². The van der Waals surface area contributed by atoms with E-state index in [0.29, 0.717) is 12.0 Å². The van der Waals surface area contributed by atoms with Gasteiger partial charge in [0.05, 0.1) is 24.1 Å². The maximum absolute atomic E-state index is 9.82. The number of anilines is 1. The molecule has 0 aliphatic rings. The molecule has 0 spiro atoms. The van der Waals surface area contributed by atoms with Crippen LogP contribution in [0.15, 0.2) is 42.5 Å². The molecule has 2 aromatic rings. The molecule has 2 aromatic carbocycles. The van der Waals surface area contributed by atoms with Crippen molar-refractivity contribution in [1.82, 2.24) is 0 Å². The van der Waals surface area contributed by atoms with Crippen LogP contribution in [-0.4, -0.2) is 10.2 Å². The molecule has 3 N–H and O–H groups in total. The van der Waals surface area contributed by atoms with Gasteiger partial charge in [-0.25, -0.2) is 0 Å². The fourth-order valence-corrected chi connectivity index (χ4v) is 2.12. The molecule has 0 fully saturated rings. The van der Waals surface area contributed by atoms with Crippen LogP contribution in [0, 0.1) is 11.3 Å². The number of phenols is 2. The summed E-state index contributed by atoms with van der Waals surface area (Å²) in [5.74, 6) is 0.122. The molecule has 4 heteroatoms. The molecule has 2 rings (SSSR count). The van der Waals surface area contributed by atoms with Gasteiger partial charge in [-0.05, 0) is 36.8 Å². The maximum atomic E-state index is 9.82. The van der Waals surface area contributed by atoms with Crippen molar-refractivity contribution in [3.8, 4) is 17.6 Å². The number of nitrogens with zero attached hydrogens (tertiary/aromatic N) is 1. The second-order valence-electron chi connectivity index (χ2n) is 4.61. The third kappa shape index (κ3) is 3.01. The van der Waals surface area contributed by atoms with Crippen molar-refractivity contribution in [2.75, 3.05) is 5.32 Å². The Bertz CT molecular complexity index is 610. The molecule has 0 saturated carbocycles. The van der Waals surface area contributed by atoms with Gasteiger partial charge in [0.15, 0.2) is 0 Å². The fourth-order valence-electron chi connectivity index (χ4n) is 2.12. The number of nitrogens with one attached hydrogen (secondary N) is 1. The zero-order valence-corrected chi connectivity index (χ0v) is 11.2. The fraction of sp³-hybridized carbons (Fsp3) is 0.188. The van der Waals surface area contributed by atoms with Gasteiger partial charge in [0.25, 0.3) is 0 Å². The van der Waals surface area contributed by atoms with Crippen LogP contribution < -0.4 is 5.32 Å². The van der Waals surface area contributed by atoms with Crippen LogP contribution in [-0.2, 0) is 6.42 Å². The van der Waals surface area contributed by atoms with Crippen molar-refractivity contribution in [3.63, 3.8) is 0 Å². The maximum Gasteiger partial charge on any atom is 0.124 e. The van der Waals surface area contributed by atoms with Crippen LogP contribution in [0.1, 0.15) is 24.1 Å². The second kappa shape index (κ2) is 5.98. The van der Waals surface area contributed by atoms with E-state index in [4.69, 9.17) is 5.26 Å². The van der Waals surface area contributed by atoms with E-state index >= 15 is 0 Å². The number of aromatic hydroxyl groups is 2. The van der Waals surface area contributed by atoms with Crippen LogP contribution in [0.3, 0.4) is 0 Å². The second-order valence-corrected chi connectivity index (χ2v) is 4.61. The van der Waals surface area contributed by atoms with E-state index in [9.17, 15) is 10.2 Å². The van der Waals surface area contributed by atoms with E-state index in [0.717, 1.165) is 11.3 Å². The van der Waals surface area contributed by atoms with Gasteiger partial charge < -0.3 is 15.5 Å².